The Kier molecular flexibility index (Phi) is 5.70. The summed E-state index contributed by atoms with van der Waals surface area (Å²) in [6.45, 7) is 6.64. The third kappa shape index (κ3) is 4.50. The maximum absolute atomic E-state index is 12.3. The molecule has 0 radical (unpaired) electrons. The third-order valence-corrected chi connectivity index (χ3v) is 5.09. The number of aromatic nitrogens is 2. The summed E-state index contributed by atoms with van der Waals surface area (Å²) in [5.74, 6) is 0.251. The van der Waals surface area contributed by atoms with E-state index in [0.717, 1.165) is 23.8 Å². The van der Waals surface area contributed by atoms with Crippen LogP contribution >= 0.6 is 0 Å². The third-order valence-electron chi connectivity index (χ3n) is 5.09. The Balaban J connectivity index is 2.13. The maximum atomic E-state index is 12.3. The highest BCUT2D eigenvalue weighted by molar-refractivity contribution is 5.91. The molecular formula is C19H29N3O3. The molecule has 1 aliphatic carbocycles. The summed E-state index contributed by atoms with van der Waals surface area (Å²) in [5, 5.41) is 3.10. The lowest BCUT2D eigenvalue weighted by atomic mass is 9.69. The second-order valence-electron chi connectivity index (χ2n) is 8.05. The van der Waals surface area contributed by atoms with E-state index < -0.39 is 5.56 Å². The van der Waals surface area contributed by atoms with Crippen molar-refractivity contribution < 1.29 is 4.79 Å². The molecule has 25 heavy (non-hydrogen) atoms. The van der Waals surface area contributed by atoms with Crippen molar-refractivity contribution in [1.29, 1.82) is 0 Å². The molecule has 2 unspecified atom stereocenters. The van der Waals surface area contributed by atoms with Crippen molar-refractivity contribution in [2.24, 2.45) is 25.4 Å². The zero-order chi connectivity index (χ0) is 18.8. The van der Waals surface area contributed by atoms with Crippen LogP contribution in [0.2, 0.25) is 0 Å². The predicted molar refractivity (Wildman–Crippen MR) is 99.3 cm³/mol. The van der Waals surface area contributed by atoms with Crippen molar-refractivity contribution in [2.45, 2.75) is 52.5 Å². The average Bonchev–Trinajstić information content (AvgIpc) is 2.54. The van der Waals surface area contributed by atoms with E-state index >= 15 is 0 Å². The molecule has 1 aromatic heterocycles. The molecule has 0 spiro atoms. The minimum Gasteiger partial charge on any atom is -0.350 e. The average molecular weight is 347 g/mol. The van der Waals surface area contributed by atoms with Crippen LogP contribution in [0.1, 0.15) is 52.0 Å². The lowest BCUT2D eigenvalue weighted by Gasteiger charge is -2.40. The number of rotatable bonds is 3. The minimum atomic E-state index is -0.405. The van der Waals surface area contributed by atoms with Gasteiger partial charge in [-0.15, -0.1) is 0 Å². The number of aryl methyl sites for hydroxylation is 1. The first-order valence-electron chi connectivity index (χ1n) is 8.86. The van der Waals surface area contributed by atoms with Crippen molar-refractivity contribution in [3.63, 3.8) is 0 Å². The first-order valence-corrected chi connectivity index (χ1v) is 8.86. The molecule has 6 heteroatoms. The van der Waals surface area contributed by atoms with Crippen LogP contribution in [-0.4, -0.2) is 21.1 Å². The number of nitrogens with zero attached hydrogens (tertiary/aromatic N) is 2. The molecule has 2 atom stereocenters. The largest absolute Gasteiger partial charge is 0.350 e. The number of hydrogen-bond acceptors (Lipinski definition) is 3. The van der Waals surface area contributed by atoms with Crippen LogP contribution in [-0.2, 0) is 18.9 Å². The van der Waals surface area contributed by atoms with Gasteiger partial charge in [-0.05, 0) is 30.3 Å². The van der Waals surface area contributed by atoms with E-state index in [9.17, 15) is 14.4 Å². The number of carbonyl (C=O) groups excluding carboxylic acids is 1. The van der Waals surface area contributed by atoms with Gasteiger partial charge in [0.25, 0.3) is 5.56 Å². The quantitative estimate of drug-likeness (QED) is 0.848. The Hall–Kier alpha value is -2.11. The first-order chi connectivity index (χ1) is 11.6. The summed E-state index contributed by atoms with van der Waals surface area (Å²) in [4.78, 5) is 36.1. The standard InChI is InChI=1S/C19H29N3O3/c1-19(2,3)14-8-6-7-9-15(14)20-16(23)11-10-13-12-21(4)18(25)22(5)17(13)24/h10-12,14-15H,6-9H2,1-5H3,(H,20,23)/b11-10+. The molecule has 1 heterocycles. The van der Waals surface area contributed by atoms with E-state index in [4.69, 9.17) is 0 Å². The molecule has 1 aromatic rings. The normalized spacial score (nSPS) is 21.5. The molecule has 1 aliphatic rings. The zero-order valence-corrected chi connectivity index (χ0v) is 15.8. The number of carbonyl (C=O) groups is 1. The van der Waals surface area contributed by atoms with Gasteiger partial charge in [0.15, 0.2) is 0 Å². The molecule has 0 bridgehead atoms. The molecule has 6 nitrogen and oxygen atoms in total. The van der Waals surface area contributed by atoms with E-state index in [0.29, 0.717) is 11.5 Å². The Morgan fingerprint density at radius 3 is 2.48 bits per heavy atom. The molecular weight excluding hydrogens is 318 g/mol. The molecule has 0 aromatic carbocycles. The fraction of sp³-hybridized carbons (Fsp3) is 0.632. The maximum Gasteiger partial charge on any atom is 0.330 e. The highest BCUT2D eigenvalue weighted by Crippen LogP contribution is 2.37. The van der Waals surface area contributed by atoms with Crippen LogP contribution in [0.3, 0.4) is 0 Å². The van der Waals surface area contributed by atoms with Gasteiger partial charge in [-0.3, -0.25) is 14.2 Å². The second-order valence-corrected chi connectivity index (χ2v) is 8.05. The molecule has 1 fully saturated rings. The SMILES string of the molecule is Cn1cc(/C=C/C(=O)NC2CCCCC2C(C)(C)C)c(=O)n(C)c1=O. The van der Waals surface area contributed by atoms with Gasteiger partial charge in [-0.1, -0.05) is 33.6 Å². The Labute approximate surface area is 148 Å². The smallest absolute Gasteiger partial charge is 0.330 e. The molecule has 1 N–H and O–H groups in total. The summed E-state index contributed by atoms with van der Waals surface area (Å²) < 4.78 is 2.37. The summed E-state index contributed by atoms with van der Waals surface area (Å²) >= 11 is 0. The van der Waals surface area contributed by atoms with Crippen molar-refractivity contribution >= 4 is 12.0 Å². The summed E-state index contributed by atoms with van der Waals surface area (Å²) in [5.41, 5.74) is -0.328. The monoisotopic (exact) mass is 347 g/mol. The Morgan fingerprint density at radius 2 is 1.84 bits per heavy atom. The van der Waals surface area contributed by atoms with Crippen LogP contribution < -0.4 is 16.6 Å². The van der Waals surface area contributed by atoms with Gasteiger partial charge in [-0.2, -0.15) is 0 Å². The van der Waals surface area contributed by atoms with E-state index in [-0.39, 0.29) is 23.1 Å². The summed E-state index contributed by atoms with van der Waals surface area (Å²) in [7, 11) is 3.01. The zero-order valence-electron chi connectivity index (χ0n) is 15.8. The van der Waals surface area contributed by atoms with Gasteiger partial charge >= 0.3 is 5.69 Å². The second kappa shape index (κ2) is 7.42. The molecule has 138 valence electrons. The van der Waals surface area contributed by atoms with E-state index in [1.165, 1.54) is 36.4 Å². The van der Waals surface area contributed by atoms with E-state index in [1.807, 2.05) is 0 Å². The van der Waals surface area contributed by atoms with Gasteiger partial charge in [0, 0.05) is 32.4 Å². The van der Waals surface area contributed by atoms with Crippen LogP contribution in [0.25, 0.3) is 6.08 Å². The number of nitrogens with one attached hydrogen (secondary N) is 1. The van der Waals surface area contributed by atoms with Crippen molar-refractivity contribution in [3.8, 4) is 0 Å². The number of hydrogen-bond donors (Lipinski definition) is 1. The van der Waals surface area contributed by atoms with Crippen molar-refractivity contribution in [3.05, 3.63) is 38.7 Å². The van der Waals surface area contributed by atoms with Gasteiger partial charge in [0.2, 0.25) is 5.91 Å². The van der Waals surface area contributed by atoms with Crippen LogP contribution in [0, 0.1) is 11.3 Å². The van der Waals surface area contributed by atoms with Crippen LogP contribution in [0.4, 0.5) is 0 Å². The predicted octanol–water partition coefficient (Wildman–Crippen LogP) is 1.82. The van der Waals surface area contributed by atoms with Crippen molar-refractivity contribution in [2.75, 3.05) is 0 Å². The Morgan fingerprint density at radius 1 is 1.20 bits per heavy atom. The van der Waals surface area contributed by atoms with E-state index in [2.05, 4.69) is 26.1 Å². The highest BCUT2D eigenvalue weighted by atomic mass is 16.2. The van der Waals surface area contributed by atoms with Crippen LogP contribution in [0.5, 0.6) is 0 Å². The highest BCUT2D eigenvalue weighted by Gasteiger charge is 2.34. The summed E-state index contributed by atoms with van der Waals surface area (Å²) in [6.07, 6.45) is 8.76. The molecule has 0 aliphatic heterocycles. The van der Waals surface area contributed by atoms with Gasteiger partial charge < -0.3 is 9.88 Å². The van der Waals surface area contributed by atoms with E-state index in [1.54, 1.807) is 7.05 Å². The molecule has 0 saturated heterocycles. The lowest BCUT2D eigenvalue weighted by Crippen LogP contribution is -2.46. The molecule has 2 rings (SSSR count). The fourth-order valence-corrected chi connectivity index (χ4v) is 3.69. The van der Waals surface area contributed by atoms with Gasteiger partial charge in [0.05, 0.1) is 5.56 Å². The molecule has 1 amide bonds. The molecule has 1 saturated carbocycles. The number of amides is 1. The minimum absolute atomic E-state index is 0.149. The Bertz CT molecular complexity index is 781. The first kappa shape index (κ1) is 19.2. The van der Waals surface area contributed by atoms with Crippen LogP contribution in [0.15, 0.2) is 21.9 Å². The fourth-order valence-electron chi connectivity index (χ4n) is 3.69. The summed E-state index contributed by atoms with van der Waals surface area (Å²) in [6, 6.07) is 0.161. The van der Waals surface area contributed by atoms with Crippen molar-refractivity contribution in [1.82, 2.24) is 14.5 Å². The topological polar surface area (TPSA) is 73.1 Å². The van der Waals surface area contributed by atoms with Gasteiger partial charge in [-0.25, -0.2) is 4.79 Å². The lowest BCUT2D eigenvalue weighted by molar-refractivity contribution is -0.118. The van der Waals surface area contributed by atoms with Gasteiger partial charge in [0.1, 0.15) is 0 Å².